The molecule has 0 radical (unpaired) electrons. The van der Waals surface area contributed by atoms with E-state index in [4.69, 9.17) is 0 Å². The number of fused-ring (bicyclic) bond motifs is 1. The van der Waals surface area contributed by atoms with E-state index in [9.17, 15) is 13.2 Å². The molecule has 0 saturated carbocycles. The lowest BCUT2D eigenvalue weighted by atomic mass is 10.2. The van der Waals surface area contributed by atoms with Crippen molar-refractivity contribution in [3.05, 3.63) is 57.3 Å². The summed E-state index contributed by atoms with van der Waals surface area (Å²) < 4.78 is 28.4. The number of hydrogen-bond acceptors (Lipinski definition) is 4. The first kappa shape index (κ1) is 19.0. The Labute approximate surface area is 164 Å². The molecule has 0 spiro atoms. The van der Waals surface area contributed by atoms with Crippen molar-refractivity contribution in [2.45, 2.75) is 25.3 Å². The fraction of sp³-hybridized carbons (Fsp3) is 0.222. The van der Waals surface area contributed by atoms with Crippen LogP contribution in [-0.2, 0) is 16.4 Å². The van der Waals surface area contributed by atoms with Crippen molar-refractivity contribution >= 4 is 53.2 Å². The van der Waals surface area contributed by atoms with E-state index in [0.717, 1.165) is 14.7 Å². The molecule has 8 heteroatoms. The van der Waals surface area contributed by atoms with Gasteiger partial charge in [0.1, 0.15) is 0 Å². The first-order valence-electron chi connectivity index (χ1n) is 8.07. The molecule has 136 valence electrons. The summed E-state index contributed by atoms with van der Waals surface area (Å²) in [4.78, 5) is 17.6. The van der Waals surface area contributed by atoms with Crippen LogP contribution in [0.3, 0.4) is 0 Å². The first-order valence-corrected chi connectivity index (χ1v) is 11.3. The predicted molar refractivity (Wildman–Crippen MR) is 107 cm³/mol. The maximum Gasteiger partial charge on any atom is 0.280 e. The third-order valence-electron chi connectivity index (χ3n) is 4.00. The number of rotatable bonds is 4. The number of sulfone groups is 1. The fourth-order valence-electron chi connectivity index (χ4n) is 2.68. The number of amides is 1. The van der Waals surface area contributed by atoms with Gasteiger partial charge in [0.2, 0.25) is 0 Å². The lowest BCUT2D eigenvalue weighted by Crippen LogP contribution is -2.17. The number of nitrogens with zero attached hydrogens (tertiary/aromatic N) is 2. The maximum absolute atomic E-state index is 12.8. The van der Waals surface area contributed by atoms with Crippen LogP contribution in [0, 0.1) is 0 Å². The highest BCUT2D eigenvalue weighted by Gasteiger charge is 2.20. The number of carbonyl (C=O) groups excluding carboxylic acids is 1. The van der Waals surface area contributed by atoms with Crippen molar-refractivity contribution in [1.82, 2.24) is 4.57 Å². The number of carbonyl (C=O) groups is 1. The molecular formula is C18H17BrN2O3S2. The number of para-hydroxylation sites is 1. The molecule has 0 atom stereocenters. The largest absolute Gasteiger partial charge is 0.316 e. The Morgan fingerprint density at radius 3 is 2.58 bits per heavy atom. The molecule has 0 unspecified atom stereocenters. The fourth-order valence-corrected chi connectivity index (χ4v) is 5.60. The summed E-state index contributed by atoms with van der Waals surface area (Å²) in [6, 6.07) is 12.1. The normalized spacial score (nSPS) is 12.7. The van der Waals surface area contributed by atoms with Gasteiger partial charge in [-0.3, -0.25) is 4.79 Å². The SMILES string of the molecule is CCn1c(=NC(=O)c2ccccc2S(=O)(=O)CC)sc2cccc(Br)c21. The Hall–Kier alpha value is -1.77. The Balaban J connectivity index is 2.21. The van der Waals surface area contributed by atoms with Crippen LogP contribution in [0.5, 0.6) is 0 Å². The topological polar surface area (TPSA) is 68.5 Å². The zero-order chi connectivity index (χ0) is 18.9. The molecule has 1 amide bonds. The van der Waals surface area contributed by atoms with Crippen molar-refractivity contribution in [2.75, 3.05) is 5.75 Å². The van der Waals surface area contributed by atoms with Crippen LogP contribution in [0.25, 0.3) is 10.2 Å². The number of halogens is 1. The Morgan fingerprint density at radius 1 is 1.15 bits per heavy atom. The quantitative estimate of drug-likeness (QED) is 0.599. The van der Waals surface area contributed by atoms with E-state index in [1.54, 1.807) is 19.1 Å². The van der Waals surface area contributed by atoms with Gasteiger partial charge in [-0.15, -0.1) is 0 Å². The van der Waals surface area contributed by atoms with Crippen molar-refractivity contribution in [1.29, 1.82) is 0 Å². The number of aryl methyl sites for hydroxylation is 1. The molecule has 0 bridgehead atoms. The molecule has 3 rings (SSSR count). The van der Waals surface area contributed by atoms with Gasteiger partial charge < -0.3 is 4.57 Å². The van der Waals surface area contributed by atoms with Crippen LogP contribution in [-0.4, -0.2) is 24.6 Å². The van der Waals surface area contributed by atoms with Gasteiger partial charge in [-0.1, -0.05) is 36.5 Å². The molecule has 2 aromatic carbocycles. The van der Waals surface area contributed by atoms with Crippen LogP contribution in [0.4, 0.5) is 0 Å². The van der Waals surface area contributed by atoms with Gasteiger partial charge >= 0.3 is 0 Å². The second kappa shape index (κ2) is 7.46. The van der Waals surface area contributed by atoms with Crippen molar-refractivity contribution < 1.29 is 13.2 Å². The minimum atomic E-state index is -3.50. The van der Waals surface area contributed by atoms with E-state index in [1.165, 1.54) is 23.5 Å². The number of thiazole rings is 1. The van der Waals surface area contributed by atoms with E-state index in [2.05, 4.69) is 20.9 Å². The van der Waals surface area contributed by atoms with Crippen LogP contribution in [0.1, 0.15) is 24.2 Å². The smallest absolute Gasteiger partial charge is 0.280 e. The van der Waals surface area contributed by atoms with Gasteiger partial charge in [0, 0.05) is 11.0 Å². The van der Waals surface area contributed by atoms with E-state index in [1.807, 2.05) is 29.7 Å². The highest BCUT2D eigenvalue weighted by Crippen LogP contribution is 2.26. The van der Waals surface area contributed by atoms with Gasteiger partial charge in [0.25, 0.3) is 5.91 Å². The van der Waals surface area contributed by atoms with Crippen molar-refractivity contribution in [3.63, 3.8) is 0 Å². The molecule has 5 nitrogen and oxygen atoms in total. The number of hydrogen-bond donors (Lipinski definition) is 0. The average molecular weight is 453 g/mol. The molecule has 0 saturated heterocycles. The zero-order valence-electron chi connectivity index (χ0n) is 14.3. The van der Waals surface area contributed by atoms with E-state index >= 15 is 0 Å². The second-order valence-electron chi connectivity index (χ2n) is 5.53. The van der Waals surface area contributed by atoms with Crippen molar-refractivity contribution in [2.24, 2.45) is 4.99 Å². The average Bonchev–Trinajstić information content (AvgIpc) is 3.00. The summed E-state index contributed by atoms with van der Waals surface area (Å²) in [6.07, 6.45) is 0. The lowest BCUT2D eigenvalue weighted by molar-refractivity contribution is 0.0994. The highest BCUT2D eigenvalue weighted by molar-refractivity contribution is 9.10. The molecule has 0 aliphatic rings. The molecule has 0 aliphatic heterocycles. The van der Waals surface area contributed by atoms with Gasteiger partial charge in [-0.25, -0.2) is 8.42 Å². The molecule has 0 fully saturated rings. The van der Waals surface area contributed by atoms with Gasteiger partial charge in [0.05, 0.1) is 26.4 Å². The number of aromatic nitrogens is 1. The second-order valence-corrected chi connectivity index (χ2v) is 9.64. The van der Waals surface area contributed by atoms with Crippen LogP contribution in [0.15, 0.2) is 56.8 Å². The minimum Gasteiger partial charge on any atom is -0.316 e. The maximum atomic E-state index is 12.8. The van der Waals surface area contributed by atoms with E-state index in [0.29, 0.717) is 11.3 Å². The third kappa shape index (κ3) is 3.41. The minimum absolute atomic E-state index is 0.0293. The molecular weight excluding hydrogens is 436 g/mol. The predicted octanol–water partition coefficient (Wildman–Crippen LogP) is 4.02. The Morgan fingerprint density at radius 2 is 1.88 bits per heavy atom. The Kier molecular flexibility index (Phi) is 5.45. The van der Waals surface area contributed by atoms with Gasteiger partial charge in [-0.2, -0.15) is 4.99 Å². The molecule has 0 N–H and O–H groups in total. The summed E-state index contributed by atoms with van der Waals surface area (Å²) in [7, 11) is -3.50. The van der Waals surface area contributed by atoms with E-state index < -0.39 is 15.7 Å². The molecule has 1 aromatic heterocycles. The summed E-state index contributed by atoms with van der Waals surface area (Å²) >= 11 is 4.94. The third-order valence-corrected chi connectivity index (χ3v) is 7.47. The summed E-state index contributed by atoms with van der Waals surface area (Å²) in [5.74, 6) is -0.621. The van der Waals surface area contributed by atoms with Crippen molar-refractivity contribution in [3.8, 4) is 0 Å². The molecule has 3 aromatic rings. The number of benzene rings is 2. The monoisotopic (exact) mass is 452 g/mol. The molecule has 1 heterocycles. The highest BCUT2D eigenvalue weighted by atomic mass is 79.9. The standard InChI is InChI=1S/C18H17BrN2O3S2/c1-3-21-16-13(19)9-7-10-14(16)25-18(21)20-17(22)12-8-5-6-11-15(12)26(23,24)4-2/h5-11H,3-4H2,1-2H3. The lowest BCUT2D eigenvalue weighted by Gasteiger charge is -2.06. The summed E-state index contributed by atoms with van der Waals surface area (Å²) in [5, 5.41) is 0. The zero-order valence-corrected chi connectivity index (χ0v) is 17.5. The van der Waals surface area contributed by atoms with Gasteiger partial charge in [-0.05, 0) is 47.1 Å². The molecule has 26 heavy (non-hydrogen) atoms. The summed E-state index contributed by atoms with van der Waals surface area (Å²) in [6.45, 7) is 4.18. The van der Waals surface area contributed by atoms with Crippen LogP contribution < -0.4 is 4.80 Å². The molecule has 0 aliphatic carbocycles. The van der Waals surface area contributed by atoms with E-state index in [-0.39, 0.29) is 16.2 Å². The Bertz CT molecular complexity index is 1160. The first-order chi connectivity index (χ1) is 12.4. The summed E-state index contributed by atoms with van der Waals surface area (Å²) in [5.41, 5.74) is 1.08. The van der Waals surface area contributed by atoms with Crippen LogP contribution >= 0.6 is 27.3 Å². The van der Waals surface area contributed by atoms with Crippen LogP contribution in [0.2, 0.25) is 0 Å². The van der Waals surface area contributed by atoms with Gasteiger partial charge in [0.15, 0.2) is 14.6 Å².